The van der Waals surface area contributed by atoms with Gasteiger partial charge >= 0.3 is 0 Å². The van der Waals surface area contributed by atoms with E-state index in [9.17, 15) is 0 Å². The second-order valence-corrected chi connectivity index (χ2v) is 6.96. The normalized spacial score (nSPS) is 18.4. The van der Waals surface area contributed by atoms with Gasteiger partial charge in [-0.15, -0.1) is 0 Å². The van der Waals surface area contributed by atoms with E-state index >= 15 is 0 Å². The maximum atomic E-state index is 6.18. The number of likely N-dealkylation sites (tertiary alicyclic amines) is 1. The fraction of sp³-hybridized carbons (Fsp3) is 0.381. The number of nitrogens with two attached hydrogens (primary N) is 1. The molecule has 24 heavy (non-hydrogen) atoms. The van der Waals surface area contributed by atoms with Gasteiger partial charge in [0.25, 0.3) is 0 Å². The van der Waals surface area contributed by atoms with Gasteiger partial charge in [-0.05, 0) is 29.5 Å². The number of benzene rings is 2. The molecule has 0 aliphatic carbocycles. The van der Waals surface area contributed by atoms with E-state index in [2.05, 4.69) is 61.2 Å². The molecule has 1 unspecified atom stereocenters. The van der Waals surface area contributed by atoms with Crippen LogP contribution in [0.3, 0.4) is 0 Å². The van der Waals surface area contributed by atoms with Crippen molar-refractivity contribution < 1.29 is 0 Å². The summed E-state index contributed by atoms with van der Waals surface area (Å²) in [6.45, 7) is 7.49. The molecule has 3 heteroatoms. The number of rotatable bonds is 5. The molecule has 126 valence electrons. The molecule has 1 fully saturated rings. The molecule has 2 N–H and O–H groups in total. The summed E-state index contributed by atoms with van der Waals surface area (Å²) in [4.78, 5) is 7.57. The third-order valence-corrected chi connectivity index (χ3v) is 4.64. The van der Waals surface area contributed by atoms with Gasteiger partial charge in [-0.3, -0.25) is 9.89 Å². The number of anilines is 1. The number of nitrogens with zero attached hydrogens (tertiary/aromatic N) is 2. The van der Waals surface area contributed by atoms with E-state index in [4.69, 9.17) is 10.7 Å². The average Bonchev–Trinajstić information content (AvgIpc) is 3.01. The van der Waals surface area contributed by atoms with Crippen LogP contribution in [0.4, 0.5) is 5.69 Å². The standard InChI is InChI=1S/C21H27N3/c1-16(2)21(19-10-6-7-11-20(19)22)23-18-12-13-24(15-18)14-17-8-4-3-5-9-17/h3-11,16,21H,12-15,22H2,1-2H3. The zero-order chi connectivity index (χ0) is 16.9. The quantitative estimate of drug-likeness (QED) is 0.834. The van der Waals surface area contributed by atoms with E-state index in [0.29, 0.717) is 5.92 Å². The van der Waals surface area contributed by atoms with Crippen LogP contribution < -0.4 is 5.73 Å². The van der Waals surface area contributed by atoms with Crippen LogP contribution in [-0.4, -0.2) is 23.7 Å². The molecular weight excluding hydrogens is 294 g/mol. The van der Waals surface area contributed by atoms with Gasteiger partial charge in [-0.25, -0.2) is 0 Å². The second-order valence-electron chi connectivity index (χ2n) is 6.96. The Balaban J connectivity index is 1.72. The number of para-hydroxylation sites is 1. The minimum Gasteiger partial charge on any atom is -0.398 e. The van der Waals surface area contributed by atoms with Crippen molar-refractivity contribution >= 4 is 11.4 Å². The van der Waals surface area contributed by atoms with Gasteiger partial charge < -0.3 is 5.73 Å². The zero-order valence-electron chi connectivity index (χ0n) is 14.7. The molecule has 3 nitrogen and oxygen atoms in total. The van der Waals surface area contributed by atoms with Gasteiger partial charge in [0.15, 0.2) is 0 Å². The Morgan fingerprint density at radius 1 is 1.04 bits per heavy atom. The first-order valence-corrected chi connectivity index (χ1v) is 8.79. The molecule has 2 aromatic carbocycles. The highest BCUT2D eigenvalue weighted by atomic mass is 15.2. The van der Waals surface area contributed by atoms with Crippen molar-refractivity contribution in [2.75, 3.05) is 18.8 Å². The van der Waals surface area contributed by atoms with Crippen LogP contribution >= 0.6 is 0 Å². The lowest BCUT2D eigenvalue weighted by Crippen LogP contribution is -2.20. The summed E-state index contributed by atoms with van der Waals surface area (Å²) in [5, 5.41) is 0. The largest absolute Gasteiger partial charge is 0.398 e. The van der Waals surface area contributed by atoms with Crippen LogP contribution in [0.15, 0.2) is 59.6 Å². The van der Waals surface area contributed by atoms with E-state index in [-0.39, 0.29) is 6.04 Å². The lowest BCUT2D eigenvalue weighted by molar-refractivity contribution is 0.340. The van der Waals surface area contributed by atoms with Gasteiger partial charge in [-0.2, -0.15) is 0 Å². The predicted molar refractivity (Wildman–Crippen MR) is 102 cm³/mol. The van der Waals surface area contributed by atoms with Crippen molar-refractivity contribution in [1.82, 2.24) is 4.90 Å². The maximum absolute atomic E-state index is 6.18. The zero-order valence-corrected chi connectivity index (χ0v) is 14.7. The van der Waals surface area contributed by atoms with Crippen molar-refractivity contribution in [3.8, 4) is 0 Å². The number of aliphatic imine (C=N–C) groups is 1. The van der Waals surface area contributed by atoms with Gasteiger partial charge in [0.05, 0.1) is 6.04 Å². The molecule has 0 spiro atoms. The summed E-state index contributed by atoms with van der Waals surface area (Å²) in [6.07, 6.45) is 1.06. The van der Waals surface area contributed by atoms with Gasteiger partial charge in [0.1, 0.15) is 0 Å². The van der Waals surface area contributed by atoms with E-state index in [1.807, 2.05) is 12.1 Å². The molecular formula is C21H27N3. The number of nitrogen functional groups attached to an aromatic ring is 1. The second kappa shape index (κ2) is 7.63. The monoisotopic (exact) mass is 321 g/mol. The molecule has 3 rings (SSSR count). The SMILES string of the molecule is CC(C)C(N=C1CCN(Cc2ccccc2)C1)c1ccccc1N. The highest BCUT2D eigenvalue weighted by Gasteiger charge is 2.22. The third kappa shape index (κ3) is 4.04. The summed E-state index contributed by atoms with van der Waals surface area (Å²) in [5.74, 6) is 0.436. The molecule has 0 amide bonds. The summed E-state index contributed by atoms with van der Waals surface area (Å²) >= 11 is 0. The van der Waals surface area contributed by atoms with E-state index in [1.165, 1.54) is 11.3 Å². The van der Waals surface area contributed by atoms with Crippen LogP contribution in [0.25, 0.3) is 0 Å². The van der Waals surface area contributed by atoms with Crippen LogP contribution in [0.5, 0.6) is 0 Å². The summed E-state index contributed by atoms with van der Waals surface area (Å²) < 4.78 is 0. The molecule has 0 aromatic heterocycles. The van der Waals surface area contributed by atoms with Crippen LogP contribution in [0.1, 0.15) is 37.4 Å². The minimum absolute atomic E-state index is 0.151. The summed E-state index contributed by atoms with van der Waals surface area (Å²) in [6, 6.07) is 18.9. The highest BCUT2D eigenvalue weighted by Crippen LogP contribution is 2.31. The average molecular weight is 321 g/mol. The molecule has 2 aromatic rings. The van der Waals surface area contributed by atoms with Crippen LogP contribution in [0, 0.1) is 5.92 Å². The van der Waals surface area contributed by atoms with Crippen molar-refractivity contribution in [3.63, 3.8) is 0 Å². The Kier molecular flexibility index (Phi) is 5.31. The molecule has 1 aliphatic rings. The van der Waals surface area contributed by atoms with Crippen molar-refractivity contribution in [2.45, 2.75) is 32.9 Å². The van der Waals surface area contributed by atoms with Crippen molar-refractivity contribution in [1.29, 1.82) is 0 Å². The van der Waals surface area contributed by atoms with Crippen LogP contribution in [0.2, 0.25) is 0 Å². The molecule has 1 aliphatic heterocycles. The predicted octanol–water partition coefficient (Wildman–Crippen LogP) is 4.31. The van der Waals surface area contributed by atoms with Crippen molar-refractivity contribution in [2.24, 2.45) is 10.9 Å². The van der Waals surface area contributed by atoms with Gasteiger partial charge in [0.2, 0.25) is 0 Å². The highest BCUT2D eigenvalue weighted by molar-refractivity contribution is 5.88. The summed E-state index contributed by atoms with van der Waals surface area (Å²) in [7, 11) is 0. The first kappa shape index (κ1) is 16.7. The third-order valence-electron chi connectivity index (χ3n) is 4.64. The topological polar surface area (TPSA) is 41.6 Å². The molecule has 1 saturated heterocycles. The lowest BCUT2D eigenvalue weighted by Gasteiger charge is -2.20. The van der Waals surface area contributed by atoms with Gasteiger partial charge in [-0.1, -0.05) is 62.4 Å². The fourth-order valence-corrected chi connectivity index (χ4v) is 3.34. The van der Waals surface area contributed by atoms with E-state index in [0.717, 1.165) is 37.3 Å². The van der Waals surface area contributed by atoms with Gasteiger partial charge in [0, 0.05) is 31.0 Å². The number of hydrogen-bond acceptors (Lipinski definition) is 3. The Morgan fingerprint density at radius 2 is 1.75 bits per heavy atom. The minimum atomic E-state index is 0.151. The Morgan fingerprint density at radius 3 is 2.46 bits per heavy atom. The molecule has 0 radical (unpaired) electrons. The Labute approximate surface area is 145 Å². The Hall–Kier alpha value is -2.13. The first-order valence-electron chi connectivity index (χ1n) is 8.79. The Bertz CT molecular complexity index is 691. The lowest BCUT2D eigenvalue weighted by atomic mass is 9.95. The molecule has 1 atom stereocenters. The molecule has 0 bridgehead atoms. The van der Waals surface area contributed by atoms with Crippen LogP contribution in [-0.2, 0) is 6.54 Å². The maximum Gasteiger partial charge on any atom is 0.0791 e. The van der Waals surface area contributed by atoms with E-state index in [1.54, 1.807) is 0 Å². The van der Waals surface area contributed by atoms with E-state index < -0.39 is 0 Å². The molecule has 1 heterocycles. The number of hydrogen-bond donors (Lipinski definition) is 1. The van der Waals surface area contributed by atoms with Crippen molar-refractivity contribution in [3.05, 3.63) is 65.7 Å². The fourth-order valence-electron chi connectivity index (χ4n) is 3.34. The summed E-state index contributed by atoms with van der Waals surface area (Å²) in [5.41, 5.74) is 10.9. The first-order chi connectivity index (χ1) is 11.6. The molecule has 0 saturated carbocycles. The smallest absolute Gasteiger partial charge is 0.0791 e.